The predicted octanol–water partition coefficient (Wildman–Crippen LogP) is 3.08. The van der Waals surface area contributed by atoms with E-state index >= 15 is 0 Å². The van der Waals surface area contributed by atoms with Gasteiger partial charge in [0.1, 0.15) is 11.5 Å². The lowest BCUT2D eigenvalue weighted by Gasteiger charge is -2.21. The van der Waals surface area contributed by atoms with Gasteiger partial charge in [0.2, 0.25) is 0 Å². The van der Waals surface area contributed by atoms with Crippen LogP contribution in [0.1, 0.15) is 37.4 Å². The Balaban J connectivity index is 1.77. The van der Waals surface area contributed by atoms with E-state index in [4.69, 9.17) is 15.6 Å². The molecule has 28 heavy (non-hydrogen) atoms. The van der Waals surface area contributed by atoms with Gasteiger partial charge in [-0.2, -0.15) is 0 Å². The van der Waals surface area contributed by atoms with Crippen LogP contribution in [-0.2, 0) is 6.42 Å². The molecular formula is C22H17NO5. The average molecular weight is 375 g/mol. The van der Waals surface area contributed by atoms with Gasteiger partial charge in [0.15, 0.2) is 17.3 Å². The maximum Gasteiger partial charge on any atom is 0.198 e. The number of aliphatic hydroxyl groups is 1. The third kappa shape index (κ3) is 2.80. The lowest BCUT2D eigenvalue weighted by atomic mass is 9.82. The summed E-state index contributed by atoms with van der Waals surface area (Å²) in [5.41, 5.74) is 7.44. The van der Waals surface area contributed by atoms with Crippen molar-refractivity contribution in [3.63, 3.8) is 0 Å². The predicted molar refractivity (Wildman–Crippen MR) is 103 cm³/mol. The van der Waals surface area contributed by atoms with Crippen LogP contribution in [0.4, 0.5) is 5.69 Å². The number of phenolic OH excluding ortho intramolecular Hbond substituents is 1. The first-order valence-corrected chi connectivity index (χ1v) is 8.72. The Labute approximate surface area is 160 Å². The molecule has 0 saturated heterocycles. The van der Waals surface area contributed by atoms with Crippen LogP contribution in [0.2, 0.25) is 0 Å². The van der Waals surface area contributed by atoms with Crippen LogP contribution in [-0.4, -0.2) is 28.4 Å². The molecule has 4 N–H and O–H groups in total. The molecule has 0 aliphatic heterocycles. The van der Waals surface area contributed by atoms with Crippen LogP contribution >= 0.6 is 0 Å². The van der Waals surface area contributed by atoms with Crippen molar-refractivity contribution in [2.75, 3.05) is 12.3 Å². The molecule has 0 saturated carbocycles. The quantitative estimate of drug-likeness (QED) is 0.373. The third-order valence-electron chi connectivity index (χ3n) is 4.73. The zero-order chi connectivity index (χ0) is 19.8. The number of aliphatic hydroxyl groups excluding tert-OH is 1. The second-order valence-corrected chi connectivity index (χ2v) is 6.48. The van der Waals surface area contributed by atoms with Gasteiger partial charge in [0.25, 0.3) is 0 Å². The Morgan fingerprint density at radius 1 is 0.893 bits per heavy atom. The molecule has 140 valence electrons. The molecular weight excluding hydrogens is 358 g/mol. The fourth-order valence-corrected chi connectivity index (χ4v) is 3.34. The summed E-state index contributed by atoms with van der Waals surface area (Å²) < 4.78 is 5.75. The van der Waals surface area contributed by atoms with Gasteiger partial charge < -0.3 is 20.7 Å². The van der Waals surface area contributed by atoms with E-state index < -0.39 is 11.6 Å². The van der Waals surface area contributed by atoms with E-state index in [-0.39, 0.29) is 46.0 Å². The highest BCUT2D eigenvalue weighted by atomic mass is 16.5. The lowest BCUT2D eigenvalue weighted by Crippen LogP contribution is -2.22. The van der Waals surface area contributed by atoms with Crippen LogP contribution in [0.25, 0.3) is 0 Å². The number of aromatic hydroxyl groups is 1. The second-order valence-electron chi connectivity index (χ2n) is 6.48. The standard InChI is InChI=1S/C22H17NO5/c23-20-17(28-13-7-5-12(6-8-13)9-10-24)11-16(25)18-19(20)22(27)15-4-2-1-3-14(15)21(18)26/h1-8,11,24-25H,9-10,23H2. The molecule has 0 spiro atoms. The molecule has 0 unspecified atom stereocenters. The van der Waals surface area contributed by atoms with Crippen molar-refractivity contribution in [1.29, 1.82) is 0 Å². The number of phenols is 1. The van der Waals surface area contributed by atoms with Crippen molar-refractivity contribution < 1.29 is 24.5 Å². The maximum absolute atomic E-state index is 12.9. The molecule has 6 heteroatoms. The number of carbonyl (C=O) groups is 2. The van der Waals surface area contributed by atoms with Gasteiger partial charge in [-0.25, -0.2) is 0 Å². The Bertz CT molecular complexity index is 1100. The molecule has 3 aromatic rings. The summed E-state index contributed by atoms with van der Waals surface area (Å²) in [6, 6.07) is 14.7. The van der Waals surface area contributed by atoms with Crippen molar-refractivity contribution in [3.05, 3.63) is 82.4 Å². The molecule has 0 radical (unpaired) electrons. The number of ketones is 2. The van der Waals surface area contributed by atoms with E-state index in [1.54, 1.807) is 48.5 Å². The van der Waals surface area contributed by atoms with Gasteiger partial charge in [-0.05, 0) is 24.1 Å². The summed E-state index contributed by atoms with van der Waals surface area (Å²) in [6.45, 7) is 0.0451. The Morgan fingerprint density at radius 2 is 1.50 bits per heavy atom. The van der Waals surface area contributed by atoms with Gasteiger partial charge in [-0.15, -0.1) is 0 Å². The van der Waals surface area contributed by atoms with E-state index in [1.165, 1.54) is 6.07 Å². The molecule has 0 heterocycles. The summed E-state index contributed by atoms with van der Waals surface area (Å²) in [5, 5.41) is 19.4. The molecule has 3 aromatic carbocycles. The fraction of sp³-hybridized carbons (Fsp3) is 0.0909. The molecule has 1 aliphatic rings. The van der Waals surface area contributed by atoms with Crippen molar-refractivity contribution in [3.8, 4) is 17.2 Å². The Hall–Kier alpha value is -3.64. The number of nitrogen functional groups attached to an aromatic ring is 1. The van der Waals surface area contributed by atoms with E-state index in [0.717, 1.165) is 5.56 Å². The van der Waals surface area contributed by atoms with Crippen molar-refractivity contribution in [2.24, 2.45) is 0 Å². The molecule has 0 amide bonds. The molecule has 1 aliphatic carbocycles. The molecule has 0 aromatic heterocycles. The highest BCUT2D eigenvalue weighted by molar-refractivity contribution is 6.31. The fourth-order valence-electron chi connectivity index (χ4n) is 3.34. The van der Waals surface area contributed by atoms with E-state index in [1.807, 2.05) is 0 Å². The Kier molecular flexibility index (Phi) is 4.33. The van der Waals surface area contributed by atoms with Crippen LogP contribution in [0.15, 0.2) is 54.6 Å². The number of rotatable bonds is 4. The smallest absolute Gasteiger partial charge is 0.198 e. The number of fused-ring (bicyclic) bond motifs is 2. The summed E-state index contributed by atoms with van der Waals surface area (Å²) >= 11 is 0. The number of benzene rings is 3. The van der Waals surface area contributed by atoms with Crippen molar-refractivity contribution >= 4 is 17.3 Å². The van der Waals surface area contributed by atoms with Gasteiger partial charge in [0.05, 0.1) is 16.8 Å². The number of nitrogens with two attached hydrogens (primary N) is 1. The largest absolute Gasteiger partial charge is 0.507 e. The number of hydrogen-bond donors (Lipinski definition) is 3. The maximum atomic E-state index is 12.9. The van der Waals surface area contributed by atoms with Crippen molar-refractivity contribution in [1.82, 2.24) is 0 Å². The first-order valence-electron chi connectivity index (χ1n) is 8.72. The monoisotopic (exact) mass is 375 g/mol. The topological polar surface area (TPSA) is 110 Å². The molecule has 4 rings (SSSR count). The SMILES string of the molecule is Nc1c(Oc2ccc(CCO)cc2)cc(O)c2c1C(=O)c1ccccc1C2=O. The summed E-state index contributed by atoms with van der Waals surface area (Å²) in [6.07, 6.45) is 0.526. The number of ether oxygens (including phenoxy) is 1. The Morgan fingerprint density at radius 3 is 2.11 bits per heavy atom. The zero-order valence-corrected chi connectivity index (χ0v) is 14.8. The minimum absolute atomic E-state index is 0.0000813. The average Bonchev–Trinajstić information content (AvgIpc) is 2.70. The van der Waals surface area contributed by atoms with Gasteiger partial charge in [-0.1, -0.05) is 36.4 Å². The van der Waals surface area contributed by atoms with E-state index in [2.05, 4.69) is 0 Å². The number of carbonyl (C=O) groups excluding carboxylic acids is 2. The molecule has 0 bridgehead atoms. The highest BCUT2D eigenvalue weighted by Crippen LogP contribution is 2.42. The van der Waals surface area contributed by atoms with Gasteiger partial charge in [-0.3, -0.25) is 9.59 Å². The minimum atomic E-state index is -0.450. The first kappa shape index (κ1) is 17.8. The number of hydrogen-bond acceptors (Lipinski definition) is 6. The first-order chi connectivity index (χ1) is 13.5. The second kappa shape index (κ2) is 6.83. The number of anilines is 1. The molecule has 0 atom stereocenters. The van der Waals surface area contributed by atoms with Crippen molar-refractivity contribution in [2.45, 2.75) is 6.42 Å². The minimum Gasteiger partial charge on any atom is -0.507 e. The lowest BCUT2D eigenvalue weighted by molar-refractivity contribution is 0.0977. The summed E-state index contributed by atoms with van der Waals surface area (Å²) in [5.74, 6) is -0.700. The summed E-state index contributed by atoms with van der Waals surface area (Å²) in [7, 11) is 0. The third-order valence-corrected chi connectivity index (χ3v) is 4.73. The van der Waals surface area contributed by atoms with E-state index in [9.17, 15) is 14.7 Å². The molecule has 0 fully saturated rings. The highest BCUT2D eigenvalue weighted by Gasteiger charge is 2.35. The molecule has 6 nitrogen and oxygen atoms in total. The normalized spacial score (nSPS) is 12.5. The summed E-state index contributed by atoms with van der Waals surface area (Å²) in [4.78, 5) is 25.7. The van der Waals surface area contributed by atoms with Gasteiger partial charge >= 0.3 is 0 Å². The van der Waals surface area contributed by atoms with Crippen LogP contribution in [0.5, 0.6) is 17.2 Å². The van der Waals surface area contributed by atoms with Crippen LogP contribution in [0, 0.1) is 0 Å². The zero-order valence-electron chi connectivity index (χ0n) is 14.8. The van der Waals surface area contributed by atoms with Gasteiger partial charge in [0, 0.05) is 23.8 Å². The van der Waals surface area contributed by atoms with E-state index in [0.29, 0.717) is 12.2 Å². The van der Waals surface area contributed by atoms with Crippen LogP contribution < -0.4 is 10.5 Å². The van der Waals surface area contributed by atoms with Crippen LogP contribution in [0.3, 0.4) is 0 Å².